The molecule has 0 amide bonds. The molecule has 1 saturated heterocycles. The molecular formula is C22H44O2. The highest BCUT2D eigenvalue weighted by Crippen LogP contribution is 2.19. The summed E-state index contributed by atoms with van der Waals surface area (Å²) in [6.07, 6.45) is 23.0. The lowest BCUT2D eigenvalue weighted by atomic mass is 10.0. The molecule has 0 bridgehead atoms. The van der Waals surface area contributed by atoms with Gasteiger partial charge >= 0.3 is 0 Å². The lowest BCUT2D eigenvalue weighted by Gasteiger charge is -2.11. The molecule has 1 aliphatic rings. The normalized spacial score (nSPS) is 20.8. The van der Waals surface area contributed by atoms with Gasteiger partial charge in [-0.25, -0.2) is 0 Å². The highest BCUT2D eigenvalue weighted by molar-refractivity contribution is 4.69. The van der Waals surface area contributed by atoms with Crippen molar-refractivity contribution >= 4 is 0 Å². The van der Waals surface area contributed by atoms with Crippen LogP contribution in [0.15, 0.2) is 0 Å². The number of unbranched alkanes of at least 4 members (excludes halogenated alkanes) is 13. The number of rotatable bonds is 17. The molecular weight excluding hydrogens is 296 g/mol. The smallest absolute Gasteiger partial charge is 0.0813 e. The van der Waals surface area contributed by atoms with Crippen LogP contribution in [0, 0.1) is 0 Å². The van der Waals surface area contributed by atoms with Gasteiger partial charge in [0.2, 0.25) is 0 Å². The van der Waals surface area contributed by atoms with Crippen molar-refractivity contribution in [3.05, 3.63) is 0 Å². The van der Waals surface area contributed by atoms with Gasteiger partial charge in [0, 0.05) is 6.61 Å². The summed E-state index contributed by atoms with van der Waals surface area (Å²) in [7, 11) is 0. The molecule has 0 spiro atoms. The number of ether oxygens (including phenoxy) is 2. The zero-order chi connectivity index (χ0) is 17.3. The van der Waals surface area contributed by atoms with Gasteiger partial charge in [-0.3, -0.25) is 0 Å². The predicted octanol–water partition coefficient (Wildman–Crippen LogP) is 7.05. The van der Waals surface area contributed by atoms with Crippen LogP contribution in [0.3, 0.4) is 0 Å². The number of hydrogen-bond donors (Lipinski definition) is 0. The van der Waals surface area contributed by atoms with E-state index in [1.165, 1.54) is 103 Å². The van der Waals surface area contributed by atoms with Gasteiger partial charge in [0.15, 0.2) is 0 Å². The fourth-order valence-corrected chi connectivity index (χ4v) is 3.62. The van der Waals surface area contributed by atoms with Crippen molar-refractivity contribution < 1.29 is 9.47 Å². The largest absolute Gasteiger partial charge is 0.379 e. The fraction of sp³-hybridized carbons (Fsp3) is 1.00. The van der Waals surface area contributed by atoms with E-state index < -0.39 is 0 Å². The zero-order valence-electron chi connectivity index (χ0n) is 16.7. The quantitative estimate of drug-likeness (QED) is 0.264. The van der Waals surface area contributed by atoms with Gasteiger partial charge in [0.1, 0.15) is 0 Å². The van der Waals surface area contributed by atoms with Crippen LogP contribution in [-0.4, -0.2) is 25.4 Å². The summed E-state index contributed by atoms with van der Waals surface area (Å²) in [5.41, 5.74) is 0. The van der Waals surface area contributed by atoms with Crippen molar-refractivity contribution in [2.45, 2.75) is 129 Å². The Labute approximate surface area is 152 Å². The Morgan fingerprint density at radius 2 is 1.21 bits per heavy atom. The third-order valence-corrected chi connectivity index (χ3v) is 5.27. The van der Waals surface area contributed by atoms with Crippen molar-refractivity contribution in [1.82, 2.24) is 0 Å². The van der Waals surface area contributed by atoms with Gasteiger partial charge in [-0.05, 0) is 26.2 Å². The third-order valence-electron chi connectivity index (χ3n) is 5.27. The van der Waals surface area contributed by atoms with E-state index in [1.807, 2.05) is 0 Å². The van der Waals surface area contributed by atoms with Crippen molar-refractivity contribution in [2.24, 2.45) is 0 Å². The van der Waals surface area contributed by atoms with Gasteiger partial charge in [0.05, 0.1) is 18.8 Å². The topological polar surface area (TPSA) is 18.5 Å². The molecule has 0 aliphatic carbocycles. The monoisotopic (exact) mass is 340 g/mol. The van der Waals surface area contributed by atoms with Crippen LogP contribution in [0.4, 0.5) is 0 Å². The van der Waals surface area contributed by atoms with Crippen LogP contribution >= 0.6 is 0 Å². The maximum absolute atomic E-state index is 5.76. The van der Waals surface area contributed by atoms with Crippen LogP contribution in [0.2, 0.25) is 0 Å². The Morgan fingerprint density at radius 3 is 1.67 bits per heavy atom. The average molecular weight is 341 g/mol. The molecule has 0 radical (unpaired) electrons. The van der Waals surface area contributed by atoms with E-state index >= 15 is 0 Å². The standard InChI is InChI=1S/C22H44O2/c1-3-4-5-6-7-8-9-10-11-12-13-14-15-16-19-23-20-22-18-17-21(2)24-22/h21-22H,3-20H2,1-2H3/t21-,22-/m1/s1. The highest BCUT2D eigenvalue weighted by atomic mass is 16.5. The Kier molecular flexibility index (Phi) is 15.0. The first-order valence-corrected chi connectivity index (χ1v) is 11.1. The molecule has 24 heavy (non-hydrogen) atoms. The molecule has 0 aromatic rings. The van der Waals surface area contributed by atoms with Gasteiger partial charge < -0.3 is 9.47 Å². The summed E-state index contributed by atoms with van der Waals surface area (Å²) in [5, 5.41) is 0. The van der Waals surface area contributed by atoms with Crippen molar-refractivity contribution in [3.63, 3.8) is 0 Å². The lowest BCUT2D eigenvalue weighted by molar-refractivity contribution is -0.00989. The molecule has 0 N–H and O–H groups in total. The Bertz CT molecular complexity index is 254. The second-order valence-corrected chi connectivity index (χ2v) is 7.82. The first-order valence-electron chi connectivity index (χ1n) is 11.1. The molecule has 2 atom stereocenters. The van der Waals surface area contributed by atoms with Crippen LogP contribution in [0.1, 0.15) is 117 Å². The van der Waals surface area contributed by atoms with Crippen molar-refractivity contribution in [1.29, 1.82) is 0 Å². The van der Waals surface area contributed by atoms with E-state index in [2.05, 4.69) is 13.8 Å². The van der Waals surface area contributed by atoms with E-state index in [-0.39, 0.29) is 0 Å². The average Bonchev–Trinajstić information content (AvgIpc) is 3.00. The maximum atomic E-state index is 5.76. The van der Waals surface area contributed by atoms with Crippen molar-refractivity contribution in [2.75, 3.05) is 13.2 Å². The van der Waals surface area contributed by atoms with E-state index in [0.717, 1.165) is 13.2 Å². The second kappa shape index (κ2) is 16.4. The SMILES string of the molecule is CCCCCCCCCCCCCCCCOC[C@H]1CC[C@@H](C)O1. The molecule has 1 aliphatic heterocycles. The summed E-state index contributed by atoms with van der Waals surface area (Å²) in [6, 6.07) is 0. The van der Waals surface area contributed by atoms with E-state index in [1.54, 1.807) is 0 Å². The van der Waals surface area contributed by atoms with Gasteiger partial charge in [0.25, 0.3) is 0 Å². The molecule has 2 nitrogen and oxygen atoms in total. The van der Waals surface area contributed by atoms with E-state index in [9.17, 15) is 0 Å². The third kappa shape index (κ3) is 13.2. The minimum absolute atomic E-state index is 0.367. The van der Waals surface area contributed by atoms with Crippen molar-refractivity contribution in [3.8, 4) is 0 Å². The summed E-state index contributed by atoms with van der Waals surface area (Å²) in [6.45, 7) is 6.18. The summed E-state index contributed by atoms with van der Waals surface area (Å²) >= 11 is 0. The van der Waals surface area contributed by atoms with Gasteiger partial charge in [-0.1, -0.05) is 90.4 Å². The molecule has 0 unspecified atom stereocenters. The minimum Gasteiger partial charge on any atom is -0.379 e. The molecule has 144 valence electrons. The number of hydrogen-bond acceptors (Lipinski definition) is 2. The predicted molar refractivity (Wildman–Crippen MR) is 105 cm³/mol. The van der Waals surface area contributed by atoms with Crippen LogP contribution < -0.4 is 0 Å². The molecule has 2 heteroatoms. The first-order chi connectivity index (χ1) is 11.8. The molecule has 0 aromatic heterocycles. The van der Waals surface area contributed by atoms with Crippen LogP contribution in [-0.2, 0) is 9.47 Å². The Morgan fingerprint density at radius 1 is 0.708 bits per heavy atom. The first kappa shape index (κ1) is 22.0. The summed E-state index contributed by atoms with van der Waals surface area (Å²) in [4.78, 5) is 0. The maximum Gasteiger partial charge on any atom is 0.0813 e. The molecule has 0 saturated carbocycles. The molecule has 1 fully saturated rings. The molecule has 0 aromatic carbocycles. The van der Waals surface area contributed by atoms with E-state index in [0.29, 0.717) is 12.2 Å². The Hall–Kier alpha value is -0.0800. The summed E-state index contributed by atoms with van der Waals surface area (Å²) in [5.74, 6) is 0. The van der Waals surface area contributed by atoms with Crippen LogP contribution in [0.5, 0.6) is 0 Å². The fourth-order valence-electron chi connectivity index (χ4n) is 3.62. The van der Waals surface area contributed by atoms with E-state index in [4.69, 9.17) is 9.47 Å². The summed E-state index contributed by atoms with van der Waals surface area (Å²) < 4.78 is 11.5. The van der Waals surface area contributed by atoms with Gasteiger partial charge in [-0.15, -0.1) is 0 Å². The minimum atomic E-state index is 0.367. The highest BCUT2D eigenvalue weighted by Gasteiger charge is 2.21. The second-order valence-electron chi connectivity index (χ2n) is 7.82. The zero-order valence-corrected chi connectivity index (χ0v) is 16.7. The molecule has 1 heterocycles. The lowest BCUT2D eigenvalue weighted by Crippen LogP contribution is -2.16. The van der Waals surface area contributed by atoms with Gasteiger partial charge in [-0.2, -0.15) is 0 Å². The van der Waals surface area contributed by atoms with Crippen LogP contribution in [0.25, 0.3) is 0 Å². The molecule has 1 rings (SSSR count). The Balaban J connectivity index is 1.66.